The van der Waals surface area contributed by atoms with E-state index < -0.39 is 5.92 Å². The van der Waals surface area contributed by atoms with Gasteiger partial charge in [-0.1, -0.05) is 24.3 Å². The number of nitrogens with one attached hydrogen (secondary N) is 2. The summed E-state index contributed by atoms with van der Waals surface area (Å²) in [5.41, 5.74) is 10.1. The highest BCUT2D eigenvalue weighted by atomic mass is 16.2. The number of tetrazole rings is 1. The number of amides is 1. The second kappa shape index (κ2) is 13.4. The van der Waals surface area contributed by atoms with Crippen LogP contribution in [0.2, 0.25) is 0 Å². The smallest absolute Gasteiger partial charge is 0.228 e. The Morgan fingerprint density at radius 2 is 1.74 bits per heavy atom. The van der Waals surface area contributed by atoms with E-state index in [4.69, 9.17) is 5.73 Å². The third-order valence-corrected chi connectivity index (χ3v) is 7.99. The molecule has 2 aromatic carbocycles. The number of hydrogen-bond acceptors (Lipinski definition) is 9. The van der Waals surface area contributed by atoms with Crippen LogP contribution in [-0.2, 0) is 16.0 Å². The molecule has 1 aliphatic carbocycles. The summed E-state index contributed by atoms with van der Waals surface area (Å²) in [6, 6.07) is 15.3. The van der Waals surface area contributed by atoms with Gasteiger partial charge < -0.3 is 16.0 Å². The summed E-state index contributed by atoms with van der Waals surface area (Å²) in [6.07, 6.45) is 7.82. The van der Waals surface area contributed by atoms with E-state index in [-0.39, 0.29) is 24.0 Å². The van der Waals surface area contributed by atoms with Gasteiger partial charge in [0.25, 0.3) is 0 Å². The highest BCUT2D eigenvalue weighted by molar-refractivity contribution is 5.96. The molecule has 0 spiro atoms. The average Bonchev–Trinajstić information content (AvgIpc) is 3.56. The van der Waals surface area contributed by atoms with Crippen LogP contribution in [0.3, 0.4) is 0 Å². The number of nitrogens with two attached hydrogens (primary N) is 1. The summed E-state index contributed by atoms with van der Waals surface area (Å²) in [4.78, 5) is 37.8. The monoisotopic (exact) mass is 567 g/mol. The van der Waals surface area contributed by atoms with Gasteiger partial charge in [0.1, 0.15) is 5.78 Å². The molecule has 4 N–H and O–H groups in total. The van der Waals surface area contributed by atoms with Crippen molar-refractivity contribution in [1.82, 2.24) is 30.6 Å². The fraction of sp³-hybridized carbons (Fsp3) is 0.387. The Balaban J connectivity index is 1.33. The van der Waals surface area contributed by atoms with Crippen molar-refractivity contribution in [2.24, 2.45) is 23.5 Å². The number of nitrogens with zero attached hydrogens (tertiary/aromatic N) is 6. The van der Waals surface area contributed by atoms with Gasteiger partial charge in [-0.05, 0) is 85.2 Å². The first-order valence-electron chi connectivity index (χ1n) is 14.4. The number of rotatable bonds is 11. The van der Waals surface area contributed by atoms with Crippen molar-refractivity contribution in [1.29, 1.82) is 0 Å². The van der Waals surface area contributed by atoms with Crippen LogP contribution in [0.5, 0.6) is 0 Å². The summed E-state index contributed by atoms with van der Waals surface area (Å²) in [5.74, 6) is 1.03. The first kappa shape index (κ1) is 29.0. The van der Waals surface area contributed by atoms with Crippen LogP contribution in [0, 0.1) is 17.8 Å². The van der Waals surface area contributed by atoms with E-state index in [9.17, 15) is 9.59 Å². The minimum absolute atomic E-state index is 0.0176. The van der Waals surface area contributed by atoms with Crippen molar-refractivity contribution in [3.63, 3.8) is 0 Å². The molecule has 42 heavy (non-hydrogen) atoms. The van der Waals surface area contributed by atoms with Crippen LogP contribution in [0.25, 0.3) is 22.5 Å². The molecule has 2 aromatic heterocycles. The summed E-state index contributed by atoms with van der Waals surface area (Å²) in [6.45, 7) is 0.663. The van der Waals surface area contributed by atoms with E-state index in [1.807, 2.05) is 55.4 Å². The molecule has 1 amide bonds. The molecule has 0 unspecified atom stereocenters. The van der Waals surface area contributed by atoms with Crippen LogP contribution >= 0.6 is 0 Å². The molecule has 5 rings (SSSR count). The van der Waals surface area contributed by atoms with Crippen molar-refractivity contribution in [2.75, 3.05) is 30.9 Å². The Hall–Kier alpha value is -4.51. The zero-order valence-corrected chi connectivity index (χ0v) is 24.0. The molecule has 11 nitrogen and oxygen atoms in total. The van der Waals surface area contributed by atoms with E-state index >= 15 is 0 Å². The van der Waals surface area contributed by atoms with Crippen molar-refractivity contribution < 1.29 is 9.59 Å². The van der Waals surface area contributed by atoms with E-state index in [1.54, 1.807) is 24.5 Å². The van der Waals surface area contributed by atoms with Crippen molar-refractivity contribution in [2.45, 2.75) is 38.5 Å². The molecule has 0 bridgehead atoms. The van der Waals surface area contributed by atoms with E-state index in [0.717, 1.165) is 47.9 Å². The Bertz CT molecular complexity index is 1460. The predicted molar refractivity (Wildman–Crippen MR) is 161 cm³/mol. The van der Waals surface area contributed by atoms with Gasteiger partial charge in [0, 0.05) is 61.6 Å². The van der Waals surface area contributed by atoms with Crippen molar-refractivity contribution in [3.8, 4) is 22.5 Å². The molecule has 0 saturated heterocycles. The van der Waals surface area contributed by atoms with Crippen LogP contribution < -0.4 is 16.0 Å². The Kier molecular flexibility index (Phi) is 9.28. The van der Waals surface area contributed by atoms with Crippen LogP contribution in [0.4, 0.5) is 11.6 Å². The zero-order chi connectivity index (χ0) is 29.5. The lowest BCUT2D eigenvalue weighted by molar-refractivity contribution is -0.129. The molecule has 11 heteroatoms. The number of ketones is 1. The molecule has 4 aromatic rings. The lowest BCUT2D eigenvalue weighted by atomic mass is 9.77. The highest BCUT2D eigenvalue weighted by Crippen LogP contribution is 2.31. The number of H-pyrrole nitrogens is 1. The van der Waals surface area contributed by atoms with Gasteiger partial charge >= 0.3 is 0 Å². The maximum absolute atomic E-state index is 13.7. The third-order valence-electron chi connectivity index (χ3n) is 7.99. The van der Waals surface area contributed by atoms with Gasteiger partial charge in [0.05, 0.1) is 0 Å². The number of Topliss-reactive ketones (excluding diaryl/α,β-unsaturated/α-hetero) is 1. The highest BCUT2D eigenvalue weighted by Gasteiger charge is 2.30. The lowest BCUT2D eigenvalue weighted by Gasteiger charge is -2.27. The zero-order valence-electron chi connectivity index (χ0n) is 24.0. The summed E-state index contributed by atoms with van der Waals surface area (Å²) >= 11 is 0. The van der Waals surface area contributed by atoms with Gasteiger partial charge in [-0.25, -0.2) is 9.97 Å². The van der Waals surface area contributed by atoms with Crippen LogP contribution in [0.15, 0.2) is 60.9 Å². The minimum Gasteiger partial charge on any atom is -0.347 e. The van der Waals surface area contributed by atoms with Gasteiger partial charge in [-0.2, -0.15) is 5.21 Å². The van der Waals surface area contributed by atoms with E-state index in [0.29, 0.717) is 36.3 Å². The van der Waals surface area contributed by atoms with Crippen LogP contribution in [-0.4, -0.2) is 62.9 Å². The summed E-state index contributed by atoms with van der Waals surface area (Å²) < 4.78 is 0. The summed E-state index contributed by atoms with van der Waals surface area (Å²) in [5, 5.41) is 17.0. The number of aromatic amines is 1. The fourth-order valence-electron chi connectivity index (χ4n) is 5.48. The number of anilines is 2. The molecule has 218 valence electrons. The minimum atomic E-state index is -0.524. The Labute approximate surface area is 245 Å². The predicted octanol–water partition coefficient (Wildman–Crippen LogP) is 3.91. The van der Waals surface area contributed by atoms with Crippen molar-refractivity contribution in [3.05, 3.63) is 66.5 Å². The van der Waals surface area contributed by atoms with Crippen LogP contribution in [0.1, 0.15) is 37.7 Å². The molecule has 2 heterocycles. The van der Waals surface area contributed by atoms with Gasteiger partial charge in [-0.15, -0.1) is 10.2 Å². The second-order valence-corrected chi connectivity index (χ2v) is 11.2. The number of aromatic nitrogens is 6. The molecule has 0 aliphatic heterocycles. The van der Waals surface area contributed by atoms with Gasteiger partial charge in [-0.3, -0.25) is 9.59 Å². The molecular formula is C31H37N9O2. The van der Waals surface area contributed by atoms with Crippen molar-refractivity contribution >= 4 is 23.3 Å². The molecule has 1 saturated carbocycles. The first-order chi connectivity index (χ1) is 20.4. The maximum Gasteiger partial charge on any atom is 0.228 e. The molecular weight excluding hydrogens is 530 g/mol. The molecule has 1 fully saturated rings. The molecule has 1 atom stereocenters. The average molecular weight is 568 g/mol. The SMILES string of the molecule is CN(C)c1ncc(-c2cccc(C[C@H](CC(=O)C3CCC(CN)CC3)C(=O)Nc3ccc(-c4nn[nH]n4)cc3)c2)cn1. The lowest BCUT2D eigenvalue weighted by Crippen LogP contribution is -2.31. The Morgan fingerprint density at radius 3 is 2.38 bits per heavy atom. The van der Waals surface area contributed by atoms with E-state index in [2.05, 4.69) is 35.9 Å². The maximum atomic E-state index is 13.7. The number of carbonyl (C=O) groups excluding carboxylic acids is 2. The topological polar surface area (TPSA) is 156 Å². The van der Waals surface area contributed by atoms with Gasteiger partial charge in [0.15, 0.2) is 0 Å². The quantitative estimate of drug-likeness (QED) is 0.244. The largest absolute Gasteiger partial charge is 0.347 e. The number of carbonyl (C=O) groups is 2. The summed E-state index contributed by atoms with van der Waals surface area (Å²) in [7, 11) is 3.79. The molecule has 0 radical (unpaired) electrons. The van der Waals surface area contributed by atoms with E-state index in [1.165, 1.54) is 0 Å². The normalized spacial score (nSPS) is 17.4. The molecule has 1 aliphatic rings. The third kappa shape index (κ3) is 7.22. The number of benzene rings is 2. The Morgan fingerprint density at radius 1 is 1.00 bits per heavy atom. The van der Waals surface area contributed by atoms with Gasteiger partial charge in [0.2, 0.25) is 17.7 Å². The standard InChI is InChI=1S/C31H37N9O2/c1-40(2)31-33-18-26(19-34-31)24-5-3-4-21(14-24)15-25(16-28(41)22-8-6-20(17-32)7-9-22)30(42)35-27-12-10-23(11-13-27)29-36-38-39-37-29/h3-5,10-14,18-20,22,25H,6-9,15-17,32H2,1-2H3,(H,35,42)(H,36,37,38,39)/t20?,22?,25-/m1/s1. The second-order valence-electron chi connectivity index (χ2n) is 11.2. The fourth-order valence-corrected chi connectivity index (χ4v) is 5.48. The first-order valence-corrected chi connectivity index (χ1v) is 14.4. The number of hydrogen-bond donors (Lipinski definition) is 3.